The van der Waals surface area contributed by atoms with Crippen molar-refractivity contribution in [1.29, 1.82) is 0 Å². The molecule has 1 aliphatic rings. The first-order valence-electron chi connectivity index (χ1n) is 4.04. The number of benzene rings is 1. The van der Waals surface area contributed by atoms with Crippen LogP contribution < -0.4 is 0 Å². The molecule has 2 rings (SSSR count). The van der Waals surface area contributed by atoms with Crippen molar-refractivity contribution in [2.45, 2.75) is 19.4 Å². The van der Waals surface area contributed by atoms with Gasteiger partial charge in [0.2, 0.25) is 0 Å². The predicted octanol–water partition coefficient (Wildman–Crippen LogP) is 2.70. The Kier molecular flexibility index (Phi) is 1.87. The van der Waals surface area contributed by atoms with Crippen LogP contribution in [0.2, 0.25) is 0 Å². The molecule has 0 atom stereocenters. The summed E-state index contributed by atoms with van der Waals surface area (Å²) in [7, 11) is 0. The van der Waals surface area contributed by atoms with Gasteiger partial charge in [-0.2, -0.15) is 0 Å². The van der Waals surface area contributed by atoms with E-state index in [0.29, 0.717) is 5.56 Å². The van der Waals surface area contributed by atoms with Gasteiger partial charge in [0.1, 0.15) is 5.60 Å². The third kappa shape index (κ3) is 1.35. The minimum Gasteiger partial charge on any atom is -0.451 e. The first-order valence-corrected chi connectivity index (χ1v) is 5.12. The van der Waals surface area contributed by atoms with E-state index < -0.39 is 5.60 Å². The van der Waals surface area contributed by atoms with E-state index in [2.05, 4.69) is 22.6 Å². The van der Waals surface area contributed by atoms with Gasteiger partial charge in [0, 0.05) is 9.13 Å². The Morgan fingerprint density at radius 1 is 1.38 bits per heavy atom. The van der Waals surface area contributed by atoms with Crippen LogP contribution in [-0.2, 0) is 10.3 Å². The number of carbonyl (C=O) groups excluding carboxylic acids is 1. The van der Waals surface area contributed by atoms with Gasteiger partial charge in [0.15, 0.2) is 0 Å². The number of rotatable bonds is 0. The molecule has 0 bridgehead atoms. The van der Waals surface area contributed by atoms with Gasteiger partial charge >= 0.3 is 5.97 Å². The van der Waals surface area contributed by atoms with E-state index in [1.807, 2.05) is 32.0 Å². The van der Waals surface area contributed by atoms with E-state index in [9.17, 15) is 4.79 Å². The summed E-state index contributed by atoms with van der Waals surface area (Å²) < 4.78 is 6.36. The van der Waals surface area contributed by atoms with Crippen molar-refractivity contribution in [3.63, 3.8) is 0 Å². The van der Waals surface area contributed by atoms with Crippen molar-refractivity contribution in [3.05, 3.63) is 32.9 Å². The van der Waals surface area contributed by atoms with Crippen molar-refractivity contribution < 1.29 is 9.53 Å². The van der Waals surface area contributed by atoms with E-state index in [4.69, 9.17) is 4.74 Å². The molecular formula is C10H9IO2. The molecule has 0 aliphatic carbocycles. The number of hydrogen-bond donors (Lipinski definition) is 0. The molecule has 0 fully saturated rings. The Bertz CT molecular complexity index is 383. The molecule has 1 aliphatic heterocycles. The maximum absolute atomic E-state index is 11.4. The summed E-state index contributed by atoms with van der Waals surface area (Å²) in [5, 5.41) is 0. The van der Waals surface area contributed by atoms with Gasteiger partial charge in [-0.1, -0.05) is 0 Å². The maximum Gasteiger partial charge on any atom is 0.339 e. The molecule has 0 saturated carbocycles. The molecule has 1 aromatic rings. The second kappa shape index (κ2) is 2.70. The summed E-state index contributed by atoms with van der Waals surface area (Å²) in [6.07, 6.45) is 0. The Balaban J connectivity index is 2.66. The van der Waals surface area contributed by atoms with Gasteiger partial charge in [0.25, 0.3) is 0 Å². The fourth-order valence-electron chi connectivity index (χ4n) is 1.53. The second-order valence-electron chi connectivity index (χ2n) is 3.59. The molecular weight excluding hydrogens is 279 g/mol. The minimum atomic E-state index is -0.465. The lowest BCUT2D eigenvalue weighted by atomic mass is 9.96. The average molecular weight is 288 g/mol. The Hall–Kier alpha value is -0.580. The number of cyclic esters (lactones) is 1. The highest BCUT2D eigenvalue weighted by Crippen LogP contribution is 2.36. The lowest BCUT2D eigenvalue weighted by Crippen LogP contribution is -2.16. The van der Waals surface area contributed by atoms with Crippen molar-refractivity contribution in [2.24, 2.45) is 0 Å². The quantitative estimate of drug-likeness (QED) is 0.542. The first kappa shape index (κ1) is 8.99. The van der Waals surface area contributed by atoms with Crippen LogP contribution in [0.25, 0.3) is 0 Å². The van der Waals surface area contributed by atoms with Gasteiger partial charge in [-0.3, -0.25) is 0 Å². The van der Waals surface area contributed by atoms with Crippen molar-refractivity contribution >= 4 is 28.6 Å². The van der Waals surface area contributed by atoms with E-state index >= 15 is 0 Å². The van der Waals surface area contributed by atoms with Crippen LogP contribution in [0.3, 0.4) is 0 Å². The van der Waals surface area contributed by atoms with Crippen LogP contribution >= 0.6 is 22.6 Å². The predicted molar refractivity (Wildman–Crippen MR) is 57.6 cm³/mol. The number of fused-ring (bicyclic) bond motifs is 1. The van der Waals surface area contributed by atoms with E-state index in [0.717, 1.165) is 9.13 Å². The molecule has 68 valence electrons. The molecule has 3 heteroatoms. The van der Waals surface area contributed by atoms with Crippen molar-refractivity contribution in [1.82, 2.24) is 0 Å². The summed E-state index contributed by atoms with van der Waals surface area (Å²) in [5.41, 5.74) is 1.22. The average Bonchev–Trinajstić information content (AvgIpc) is 2.23. The third-order valence-corrected chi connectivity index (χ3v) is 2.87. The van der Waals surface area contributed by atoms with Gasteiger partial charge < -0.3 is 4.74 Å². The first-order chi connectivity index (χ1) is 6.00. The van der Waals surface area contributed by atoms with Crippen LogP contribution in [0.1, 0.15) is 29.8 Å². The highest BCUT2D eigenvalue weighted by atomic mass is 127. The van der Waals surface area contributed by atoms with Crippen LogP contribution in [0, 0.1) is 3.57 Å². The number of carbonyl (C=O) groups is 1. The Morgan fingerprint density at radius 3 is 2.77 bits per heavy atom. The molecule has 1 heterocycles. The van der Waals surface area contributed by atoms with Gasteiger partial charge in [-0.15, -0.1) is 0 Å². The third-order valence-electron chi connectivity index (χ3n) is 2.20. The molecule has 0 amide bonds. The highest BCUT2D eigenvalue weighted by molar-refractivity contribution is 14.1. The summed E-state index contributed by atoms with van der Waals surface area (Å²) >= 11 is 2.23. The zero-order chi connectivity index (χ0) is 9.64. The fraction of sp³-hybridized carbons (Fsp3) is 0.300. The van der Waals surface area contributed by atoms with E-state index in [1.54, 1.807) is 0 Å². The van der Waals surface area contributed by atoms with Crippen LogP contribution in [0.5, 0.6) is 0 Å². The monoisotopic (exact) mass is 288 g/mol. The van der Waals surface area contributed by atoms with E-state index in [1.165, 1.54) is 0 Å². The lowest BCUT2D eigenvalue weighted by Gasteiger charge is -2.17. The molecule has 2 nitrogen and oxygen atoms in total. The molecule has 0 N–H and O–H groups in total. The molecule has 1 aromatic carbocycles. The Labute approximate surface area is 90.4 Å². The Morgan fingerprint density at radius 2 is 2.08 bits per heavy atom. The number of halogens is 1. The normalized spacial score (nSPS) is 18.2. The zero-order valence-electron chi connectivity index (χ0n) is 7.43. The summed E-state index contributed by atoms with van der Waals surface area (Å²) in [5.74, 6) is -0.212. The molecule has 0 spiro atoms. The summed E-state index contributed by atoms with van der Waals surface area (Å²) in [6, 6.07) is 5.75. The SMILES string of the molecule is CC1(C)OC(=O)c2ccc(I)cc21. The van der Waals surface area contributed by atoms with Crippen LogP contribution in [0.4, 0.5) is 0 Å². The lowest BCUT2D eigenvalue weighted by molar-refractivity contribution is 0.00953. The fourth-order valence-corrected chi connectivity index (χ4v) is 2.03. The van der Waals surface area contributed by atoms with Gasteiger partial charge in [0.05, 0.1) is 5.56 Å². The molecule has 0 saturated heterocycles. The van der Waals surface area contributed by atoms with Crippen LogP contribution in [0.15, 0.2) is 18.2 Å². The van der Waals surface area contributed by atoms with Crippen molar-refractivity contribution in [2.75, 3.05) is 0 Å². The minimum absolute atomic E-state index is 0.212. The maximum atomic E-state index is 11.4. The molecule has 13 heavy (non-hydrogen) atoms. The van der Waals surface area contributed by atoms with Gasteiger partial charge in [-0.25, -0.2) is 4.79 Å². The van der Waals surface area contributed by atoms with Crippen molar-refractivity contribution in [3.8, 4) is 0 Å². The highest BCUT2D eigenvalue weighted by Gasteiger charge is 2.37. The molecule has 0 radical (unpaired) electrons. The topological polar surface area (TPSA) is 26.3 Å². The second-order valence-corrected chi connectivity index (χ2v) is 4.84. The summed E-state index contributed by atoms with van der Waals surface area (Å²) in [6.45, 7) is 3.82. The number of esters is 1. The zero-order valence-corrected chi connectivity index (χ0v) is 9.58. The summed E-state index contributed by atoms with van der Waals surface area (Å²) in [4.78, 5) is 11.4. The molecule has 0 unspecified atom stereocenters. The number of ether oxygens (including phenoxy) is 1. The smallest absolute Gasteiger partial charge is 0.339 e. The van der Waals surface area contributed by atoms with Gasteiger partial charge in [-0.05, 0) is 54.6 Å². The largest absolute Gasteiger partial charge is 0.451 e. The molecule has 0 aromatic heterocycles. The van der Waals surface area contributed by atoms with E-state index in [-0.39, 0.29) is 5.97 Å². The van der Waals surface area contributed by atoms with Crippen LogP contribution in [-0.4, -0.2) is 5.97 Å². The standard InChI is InChI=1S/C10H9IO2/c1-10(2)8-5-6(11)3-4-7(8)9(12)13-10/h3-5H,1-2H3. The number of hydrogen-bond acceptors (Lipinski definition) is 2.